The molecule has 1 aromatic heterocycles. The molecule has 6 heteroatoms. The number of carbonyl (C=O) groups excluding carboxylic acids is 2. The maximum atomic E-state index is 12.8. The van der Waals surface area contributed by atoms with Gasteiger partial charge in [-0.3, -0.25) is 9.59 Å². The molecule has 1 aromatic carbocycles. The number of ether oxygens (including phenoxy) is 2. The zero-order valence-electron chi connectivity index (χ0n) is 18.2. The third-order valence-electron chi connectivity index (χ3n) is 7.14. The van der Waals surface area contributed by atoms with Crippen LogP contribution in [0, 0.1) is 11.3 Å². The summed E-state index contributed by atoms with van der Waals surface area (Å²) < 4.78 is 16.5. The summed E-state index contributed by atoms with van der Waals surface area (Å²) >= 11 is 0. The van der Waals surface area contributed by atoms with Crippen LogP contribution in [0.1, 0.15) is 71.4 Å². The van der Waals surface area contributed by atoms with Crippen LogP contribution in [-0.2, 0) is 21.4 Å². The highest BCUT2D eigenvalue weighted by Gasteiger charge is 2.52. The van der Waals surface area contributed by atoms with Gasteiger partial charge < -0.3 is 13.9 Å². The second-order valence-electron chi connectivity index (χ2n) is 9.55. The van der Waals surface area contributed by atoms with Crippen molar-refractivity contribution in [2.75, 3.05) is 0 Å². The Bertz CT molecular complexity index is 1110. The van der Waals surface area contributed by atoms with Crippen molar-refractivity contribution in [3.05, 3.63) is 33.9 Å². The highest BCUT2D eigenvalue weighted by Crippen LogP contribution is 2.61. The van der Waals surface area contributed by atoms with E-state index in [1.165, 1.54) is 20.1 Å². The fraction of sp³-hybridized carbons (Fsp3) is 0.542. The summed E-state index contributed by atoms with van der Waals surface area (Å²) in [6, 6.07) is 1.60. The lowest BCUT2D eigenvalue weighted by molar-refractivity contribution is -0.134. The summed E-state index contributed by atoms with van der Waals surface area (Å²) in [4.78, 5) is 36.8. The standard InChI is InChI=1S/C24H28O6/c1-13(25)29-20-16-9-12-28-22(27)18(16)15-7-8-17-23(3,4)10-6-11-24(17,5)19(15)21(20)30-14(2)26/h9,12,17H,6-8,10-11H2,1-5H3/t17-,24-/m0/s1. The number of aryl methyl sites for hydroxylation is 1. The van der Waals surface area contributed by atoms with Crippen molar-refractivity contribution in [2.24, 2.45) is 11.3 Å². The van der Waals surface area contributed by atoms with Crippen LogP contribution >= 0.6 is 0 Å². The van der Waals surface area contributed by atoms with Crippen molar-refractivity contribution in [2.45, 2.75) is 72.1 Å². The normalized spacial score (nSPS) is 24.6. The predicted molar refractivity (Wildman–Crippen MR) is 112 cm³/mol. The van der Waals surface area contributed by atoms with Crippen LogP contribution in [0.2, 0.25) is 0 Å². The third kappa shape index (κ3) is 3.04. The van der Waals surface area contributed by atoms with Crippen molar-refractivity contribution < 1.29 is 23.5 Å². The minimum absolute atomic E-state index is 0.107. The molecule has 6 nitrogen and oxygen atoms in total. The first-order valence-electron chi connectivity index (χ1n) is 10.5. The van der Waals surface area contributed by atoms with Crippen molar-refractivity contribution in [1.82, 2.24) is 0 Å². The first-order valence-corrected chi connectivity index (χ1v) is 10.5. The Balaban J connectivity index is 2.15. The van der Waals surface area contributed by atoms with E-state index in [9.17, 15) is 14.4 Å². The molecule has 1 saturated carbocycles. The Kier molecular flexibility index (Phi) is 4.79. The van der Waals surface area contributed by atoms with Gasteiger partial charge in [0.15, 0.2) is 11.5 Å². The van der Waals surface area contributed by atoms with Gasteiger partial charge in [0.1, 0.15) is 0 Å². The highest BCUT2D eigenvalue weighted by molar-refractivity contribution is 5.97. The van der Waals surface area contributed by atoms with Gasteiger partial charge in [0.05, 0.1) is 11.6 Å². The third-order valence-corrected chi connectivity index (χ3v) is 7.14. The Morgan fingerprint density at radius 3 is 2.40 bits per heavy atom. The topological polar surface area (TPSA) is 82.8 Å². The second-order valence-corrected chi connectivity index (χ2v) is 9.55. The Morgan fingerprint density at radius 2 is 1.73 bits per heavy atom. The maximum Gasteiger partial charge on any atom is 0.343 e. The van der Waals surface area contributed by atoms with Gasteiger partial charge in [-0.25, -0.2) is 4.79 Å². The van der Waals surface area contributed by atoms with E-state index >= 15 is 0 Å². The van der Waals surface area contributed by atoms with E-state index in [4.69, 9.17) is 13.9 Å². The Hall–Kier alpha value is -2.63. The van der Waals surface area contributed by atoms with Crippen LogP contribution in [0.4, 0.5) is 0 Å². The molecule has 2 atom stereocenters. The van der Waals surface area contributed by atoms with E-state index in [1.807, 2.05) is 0 Å². The van der Waals surface area contributed by atoms with Crippen LogP contribution in [-0.4, -0.2) is 11.9 Å². The van der Waals surface area contributed by atoms with E-state index in [0.29, 0.717) is 23.1 Å². The van der Waals surface area contributed by atoms with E-state index in [0.717, 1.165) is 36.8 Å². The number of rotatable bonds is 2. The molecule has 0 bridgehead atoms. The van der Waals surface area contributed by atoms with Gasteiger partial charge >= 0.3 is 17.6 Å². The van der Waals surface area contributed by atoms with Crippen molar-refractivity contribution in [3.8, 4) is 11.5 Å². The van der Waals surface area contributed by atoms with Crippen LogP contribution < -0.4 is 15.1 Å². The predicted octanol–water partition coefficient (Wildman–Crippen LogP) is 4.67. The lowest BCUT2D eigenvalue weighted by Gasteiger charge is -2.54. The molecular weight excluding hydrogens is 384 g/mol. The van der Waals surface area contributed by atoms with Gasteiger partial charge in [-0.2, -0.15) is 0 Å². The lowest BCUT2D eigenvalue weighted by atomic mass is 9.50. The molecule has 0 N–H and O–H groups in total. The summed E-state index contributed by atoms with van der Waals surface area (Å²) in [6.45, 7) is 9.39. The van der Waals surface area contributed by atoms with E-state index < -0.39 is 17.6 Å². The SMILES string of the molecule is CC(=O)Oc1c2c(c3c(=O)occc3c1OC(C)=O)CC[C@H]1C(C)(C)CCC[C@]21C. The number of esters is 2. The first kappa shape index (κ1) is 20.6. The monoisotopic (exact) mass is 412 g/mol. The van der Waals surface area contributed by atoms with E-state index in [-0.39, 0.29) is 22.3 Å². The molecule has 0 amide bonds. The molecule has 0 aliphatic heterocycles. The van der Waals surface area contributed by atoms with Crippen LogP contribution in [0.3, 0.4) is 0 Å². The average molecular weight is 412 g/mol. The second kappa shape index (κ2) is 6.96. The fourth-order valence-electron chi connectivity index (χ4n) is 6.15. The fourth-order valence-corrected chi connectivity index (χ4v) is 6.15. The van der Waals surface area contributed by atoms with Crippen molar-refractivity contribution in [3.63, 3.8) is 0 Å². The molecule has 30 heavy (non-hydrogen) atoms. The molecule has 2 aliphatic rings. The van der Waals surface area contributed by atoms with Gasteiger partial charge in [0.25, 0.3) is 0 Å². The van der Waals surface area contributed by atoms with Crippen LogP contribution in [0.5, 0.6) is 11.5 Å². The summed E-state index contributed by atoms with van der Waals surface area (Å²) in [7, 11) is 0. The Morgan fingerprint density at radius 1 is 1.07 bits per heavy atom. The zero-order valence-corrected chi connectivity index (χ0v) is 18.2. The molecule has 1 heterocycles. The largest absolute Gasteiger partial charge is 0.431 e. The van der Waals surface area contributed by atoms with E-state index in [1.54, 1.807) is 6.07 Å². The van der Waals surface area contributed by atoms with E-state index in [2.05, 4.69) is 20.8 Å². The Labute approximate surface area is 175 Å². The van der Waals surface area contributed by atoms with Gasteiger partial charge in [-0.15, -0.1) is 0 Å². The van der Waals surface area contributed by atoms with Crippen LogP contribution in [0.15, 0.2) is 21.5 Å². The maximum absolute atomic E-state index is 12.8. The number of fused-ring (bicyclic) bond motifs is 5. The summed E-state index contributed by atoms with van der Waals surface area (Å²) in [5.41, 5.74) is 0.997. The van der Waals surface area contributed by atoms with Gasteiger partial charge in [0.2, 0.25) is 0 Å². The first-order chi connectivity index (χ1) is 14.1. The summed E-state index contributed by atoms with van der Waals surface area (Å²) in [5.74, 6) is -0.285. The smallest absolute Gasteiger partial charge is 0.343 e. The quantitative estimate of drug-likeness (QED) is 0.526. The molecule has 1 fully saturated rings. The van der Waals surface area contributed by atoms with Gasteiger partial charge in [-0.05, 0) is 54.1 Å². The number of carbonyl (C=O) groups is 2. The minimum Gasteiger partial charge on any atom is -0.431 e. The minimum atomic E-state index is -0.542. The van der Waals surface area contributed by atoms with Crippen LogP contribution in [0.25, 0.3) is 10.8 Å². The lowest BCUT2D eigenvalue weighted by Crippen LogP contribution is -2.48. The molecule has 0 saturated heterocycles. The molecule has 2 aliphatic carbocycles. The van der Waals surface area contributed by atoms with Gasteiger partial charge in [-0.1, -0.05) is 27.2 Å². The molecule has 0 spiro atoms. The molecule has 4 rings (SSSR count). The van der Waals surface area contributed by atoms with Crippen molar-refractivity contribution in [1.29, 1.82) is 0 Å². The van der Waals surface area contributed by atoms with Crippen molar-refractivity contribution >= 4 is 22.7 Å². The van der Waals surface area contributed by atoms with Gasteiger partial charge in [0, 0.05) is 24.8 Å². The zero-order chi connectivity index (χ0) is 21.8. The molecule has 160 valence electrons. The molecule has 2 aromatic rings. The molecular formula is C24H28O6. The summed E-state index contributed by atoms with van der Waals surface area (Å²) in [6.07, 6.45) is 5.96. The molecule has 0 unspecified atom stereocenters. The number of hydrogen-bond donors (Lipinski definition) is 0. The number of benzene rings is 1. The average Bonchev–Trinajstić information content (AvgIpc) is 2.62. The number of hydrogen-bond acceptors (Lipinski definition) is 6. The summed E-state index contributed by atoms with van der Waals surface area (Å²) in [5, 5.41) is 0.858. The molecule has 0 radical (unpaired) electrons. The highest BCUT2D eigenvalue weighted by atomic mass is 16.6.